The zero-order valence-corrected chi connectivity index (χ0v) is 16.3. The number of carbonyl (C=O) groups excluding carboxylic acids is 2. The average Bonchev–Trinajstić information content (AvgIpc) is 3.37. The molecule has 2 aromatic heterocycles. The molecule has 4 heterocycles. The molecule has 2 saturated heterocycles. The van der Waals surface area contributed by atoms with Crippen LogP contribution in [-0.2, 0) is 4.79 Å². The highest BCUT2D eigenvalue weighted by atomic mass is 16.3. The van der Waals surface area contributed by atoms with Gasteiger partial charge in [0.2, 0.25) is 11.9 Å². The van der Waals surface area contributed by atoms with Gasteiger partial charge in [0.15, 0.2) is 5.65 Å². The Morgan fingerprint density at radius 2 is 1.97 bits per heavy atom. The number of nitrogens with one attached hydrogen (secondary N) is 3. The topological polar surface area (TPSA) is 140 Å². The predicted octanol–water partition coefficient (Wildman–Crippen LogP) is -1.01. The Morgan fingerprint density at radius 1 is 1.17 bits per heavy atom. The summed E-state index contributed by atoms with van der Waals surface area (Å²) in [6.07, 6.45) is 5.35. The molecule has 12 nitrogen and oxygen atoms in total. The van der Waals surface area contributed by atoms with E-state index in [4.69, 9.17) is 15.1 Å². The van der Waals surface area contributed by atoms with Gasteiger partial charge in [-0.25, -0.2) is 4.79 Å². The van der Waals surface area contributed by atoms with E-state index in [9.17, 15) is 9.59 Å². The minimum Gasteiger partial charge on any atom is -0.395 e. The average molecular weight is 413 g/mol. The monoisotopic (exact) mass is 413 g/mol. The first-order valence-corrected chi connectivity index (χ1v) is 10.1. The third-order valence-corrected chi connectivity index (χ3v) is 5.39. The lowest BCUT2D eigenvalue weighted by Gasteiger charge is -2.34. The van der Waals surface area contributed by atoms with Crippen molar-refractivity contribution in [1.29, 1.82) is 0 Å². The first-order valence-electron chi connectivity index (χ1n) is 10.1. The third-order valence-electron chi connectivity index (χ3n) is 5.39. The van der Waals surface area contributed by atoms with Gasteiger partial charge in [0.05, 0.1) is 12.8 Å². The molecule has 1 aliphatic carbocycles. The summed E-state index contributed by atoms with van der Waals surface area (Å²) >= 11 is 0. The SMILES string of the molecule is O=C1NC(=O)/C(=C/c2cnn3c(NC4CC4)nc(N4CCN(CCO)CC4)nc23)N1. The number of aliphatic hydroxyl groups excluding tert-OH is 1. The van der Waals surface area contributed by atoms with Crippen LogP contribution in [0, 0.1) is 0 Å². The summed E-state index contributed by atoms with van der Waals surface area (Å²) in [5, 5.41) is 21.6. The molecule has 4 N–H and O–H groups in total. The third kappa shape index (κ3) is 3.66. The van der Waals surface area contributed by atoms with Gasteiger partial charge in [-0.3, -0.25) is 15.0 Å². The highest BCUT2D eigenvalue weighted by Crippen LogP contribution is 2.26. The number of amides is 3. The van der Waals surface area contributed by atoms with Gasteiger partial charge in [0.25, 0.3) is 5.91 Å². The van der Waals surface area contributed by atoms with Crippen molar-refractivity contribution in [3.05, 3.63) is 17.5 Å². The summed E-state index contributed by atoms with van der Waals surface area (Å²) in [5.74, 6) is 0.721. The van der Waals surface area contributed by atoms with Crippen molar-refractivity contribution in [3.63, 3.8) is 0 Å². The summed E-state index contributed by atoms with van der Waals surface area (Å²) in [7, 11) is 0. The molecule has 3 aliphatic rings. The molecule has 12 heteroatoms. The van der Waals surface area contributed by atoms with Crippen LogP contribution in [0.5, 0.6) is 0 Å². The minimum atomic E-state index is -0.546. The van der Waals surface area contributed by atoms with Gasteiger partial charge in [0, 0.05) is 44.3 Å². The van der Waals surface area contributed by atoms with Crippen LogP contribution in [0.25, 0.3) is 11.7 Å². The van der Waals surface area contributed by atoms with E-state index >= 15 is 0 Å². The molecule has 2 aliphatic heterocycles. The van der Waals surface area contributed by atoms with Crippen molar-refractivity contribution < 1.29 is 14.7 Å². The molecule has 0 aromatic carbocycles. The quantitative estimate of drug-likeness (QED) is 0.346. The fraction of sp³-hybridized carbons (Fsp3) is 0.500. The Bertz CT molecular complexity index is 1020. The first-order chi connectivity index (χ1) is 14.6. The van der Waals surface area contributed by atoms with Crippen LogP contribution in [0.4, 0.5) is 16.7 Å². The predicted molar refractivity (Wildman–Crippen MR) is 108 cm³/mol. The van der Waals surface area contributed by atoms with Crippen molar-refractivity contribution in [1.82, 2.24) is 35.1 Å². The fourth-order valence-electron chi connectivity index (χ4n) is 3.58. The Hall–Kier alpha value is -3.25. The number of rotatable bonds is 6. The van der Waals surface area contributed by atoms with Crippen LogP contribution in [0.2, 0.25) is 0 Å². The number of aromatic nitrogens is 4. The maximum atomic E-state index is 11.9. The number of fused-ring (bicyclic) bond motifs is 1. The van der Waals surface area contributed by atoms with E-state index in [-0.39, 0.29) is 12.3 Å². The molecular formula is C18H23N9O3. The number of urea groups is 1. The molecule has 3 amide bonds. The molecule has 0 radical (unpaired) electrons. The Labute approximate surface area is 172 Å². The molecule has 0 spiro atoms. The first kappa shape index (κ1) is 18.8. The largest absolute Gasteiger partial charge is 0.395 e. The van der Waals surface area contributed by atoms with Crippen LogP contribution in [0.15, 0.2) is 11.9 Å². The van der Waals surface area contributed by atoms with E-state index in [2.05, 4.69) is 30.8 Å². The summed E-state index contributed by atoms with van der Waals surface area (Å²) in [5.41, 5.74) is 1.33. The zero-order valence-electron chi connectivity index (χ0n) is 16.3. The van der Waals surface area contributed by atoms with Gasteiger partial charge in [-0.2, -0.15) is 19.6 Å². The second kappa shape index (κ2) is 7.54. The van der Waals surface area contributed by atoms with Gasteiger partial charge in [-0.1, -0.05) is 0 Å². The number of hydrogen-bond acceptors (Lipinski definition) is 9. The Morgan fingerprint density at radius 3 is 2.63 bits per heavy atom. The van der Waals surface area contributed by atoms with Crippen molar-refractivity contribution in [2.75, 3.05) is 49.5 Å². The van der Waals surface area contributed by atoms with E-state index in [1.54, 1.807) is 16.8 Å². The molecule has 3 fully saturated rings. The van der Waals surface area contributed by atoms with E-state index in [1.165, 1.54) is 0 Å². The molecule has 2 aromatic rings. The van der Waals surface area contributed by atoms with Crippen LogP contribution in [-0.4, -0.2) is 86.9 Å². The van der Waals surface area contributed by atoms with Crippen molar-refractivity contribution >= 4 is 35.6 Å². The highest BCUT2D eigenvalue weighted by molar-refractivity contribution is 6.14. The molecule has 0 atom stereocenters. The summed E-state index contributed by atoms with van der Waals surface area (Å²) in [4.78, 5) is 37.1. The number of nitrogens with zero attached hydrogens (tertiary/aromatic N) is 6. The molecule has 158 valence electrons. The Balaban J connectivity index is 1.49. The number of hydrogen-bond donors (Lipinski definition) is 4. The van der Waals surface area contributed by atoms with E-state index in [0.717, 1.165) is 39.0 Å². The van der Waals surface area contributed by atoms with Gasteiger partial charge in [0.1, 0.15) is 5.70 Å². The zero-order chi connectivity index (χ0) is 20.7. The van der Waals surface area contributed by atoms with Gasteiger partial charge in [-0.15, -0.1) is 0 Å². The maximum Gasteiger partial charge on any atom is 0.326 e. The lowest BCUT2D eigenvalue weighted by molar-refractivity contribution is -0.115. The summed E-state index contributed by atoms with van der Waals surface area (Å²) in [6.45, 7) is 3.96. The summed E-state index contributed by atoms with van der Waals surface area (Å²) < 4.78 is 1.63. The van der Waals surface area contributed by atoms with Gasteiger partial charge in [-0.05, 0) is 18.9 Å². The smallest absolute Gasteiger partial charge is 0.326 e. The second-order valence-electron chi connectivity index (χ2n) is 7.62. The maximum absolute atomic E-state index is 11.9. The van der Waals surface area contributed by atoms with Crippen molar-refractivity contribution in [2.24, 2.45) is 0 Å². The molecule has 0 unspecified atom stereocenters. The number of β-amino-alcohol motifs (C(OH)–C–C–N with tert-alkyl or cyclic N) is 1. The number of piperazine rings is 1. The van der Waals surface area contributed by atoms with E-state index in [0.29, 0.717) is 35.7 Å². The number of aliphatic hydroxyl groups is 1. The van der Waals surface area contributed by atoms with Gasteiger partial charge < -0.3 is 20.6 Å². The van der Waals surface area contributed by atoms with Crippen LogP contribution in [0.3, 0.4) is 0 Å². The van der Waals surface area contributed by atoms with Crippen LogP contribution >= 0.6 is 0 Å². The number of anilines is 2. The number of imide groups is 1. The van der Waals surface area contributed by atoms with E-state index < -0.39 is 11.9 Å². The van der Waals surface area contributed by atoms with E-state index in [1.807, 2.05) is 0 Å². The standard InChI is InChI=1S/C18H23N9O3/c28-8-7-25-3-5-26(6-4-25)16-22-14-11(9-13-15(29)23-18(30)21-13)10-19-27(14)17(24-16)20-12-1-2-12/h9-10,12,28H,1-8H2,(H,20,22,24)(H2,21,23,29,30)/b13-9-. The van der Waals surface area contributed by atoms with Crippen molar-refractivity contribution in [3.8, 4) is 0 Å². The molecule has 5 rings (SSSR count). The second-order valence-corrected chi connectivity index (χ2v) is 7.62. The lowest BCUT2D eigenvalue weighted by Crippen LogP contribution is -2.47. The highest BCUT2D eigenvalue weighted by Gasteiger charge is 2.27. The lowest BCUT2D eigenvalue weighted by atomic mass is 10.2. The van der Waals surface area contributed by atoms with Gasteiger partial charge >= 0.3 is 6.03 Å². The molecule has 0 bridgehead atoms. The minimum absolute atomic E-state index is 0.149. The van der Waals surface area contributed by atoms with Crippen molar-refractivity contribution in [2.45, 2.75) is 18.9 Å². The normalized spacial score (nSPS) is 21.4. The number of carbonyl (C=O) groups is 2. The molecular weight excluding hydrogens is 390 g/mol. The fourth-order valence-corrected chi connectivity index (χ4v) is 3.58. The van der Waals surface area contributed by atoms with Crippen LogP contribution in [0.1, 0.15) is 18.4 Å². The summed E-state index contributed by atoms with van der Waals surface area (Å²) in [6, 6.07) is -0.168. The molecule has 30 heavy (non-hydrogen) atoms. The van der Waals surface area contributed by atoms with Crippen LogP contribution < -0.4 is 20.9 Å². The Kier molecular flexibility index (Phi) is 4.71. The molecule has 1 saturated carbocycles.